The summed E-state index contributed by atoms with van der Waals surface area (Å²) in [5, 5.41) is 0.514. The van der Waals surface area contributed by atoms with Crippen molar-refractivity contribution in [1.82, 2.24) is 4.72 Å². The van der Waals surface area contributed by atoms with Gasteiger partial charge in [0.25, 0.3) is 0 Å². The minimum absolute atomic E-state index is 0.104. The predicted octanol–water partition coefficient (Wildman–Crippen LogP) is 3.51. The third kappa shape index (κ3) is 3.40. The highest BCUT2D eigenvalue weighted by molar-refractivity contribution is 7.89. The first kappa shape index (κ1) is 16.4. The Hall–Kier alpha value is -1.47. The molecule has 0 atom stereocenters. The lowest BCUT2D eigenvalue weighted by Crippen LogP contribution is -2.24. The molecule has 0 spiro atoms. The van der Waals surface area contributed by atoms with Gasteiger partial charge in [0.2, 0.25) is 16.8 Å². The van der Waals surface area contributed by atoms with Gasteiger partial charge in [-0.1, -0.05) is 29.3 Å². The van der Waals surface area contributed by atoms with Gasteiger partial charge in [-0.3, -0.25) is 0 Å². The van der Waals surface area contributed by atoms with Crippen LogP contribution in [0.15, 0.2) is 35.2 Å². The van der Waals surface area contributed by atoms with Crippen molar-refractivity contribution >= 4 is 33.2 Å². The molecule has 3 rings (SSSR count). The maximum atomic E-state index is 12.5. The van der Waals surface area contributed by atoms with Crippen LogP contribution in [-0.4, -0.2) is 15.2 Å². The summed E-state index contributed by atoms with van der Waals surface area (Å²) >= 11 is 11.8. The fourth-order valence-corrected chi connectivity index (χ4v) is 3.94. The maximum absolute atomic E-state index is 12.5. The standard InChI is InChI=1S/C15H13Cl2NO4S/c1-9-4-11(16)12(17)6-15(9)23(19,20)18-7-10-2-3-13-14(5-10)22-8-21-13/h2-6,18H,7-8H2,1H3. The summed E-state index contributed by atoms with van der Waals surface area (Å²) in [6, 6.07) is 8.14. The fraction of sp³-hybridized carbons (Fsp3) is 0.200. The van der Waals surface area contributed by atoms with Gasteiger partial charge in [0.15, 0.2) is 11.5 Å². The van der Waals surface area contributed by atoms with E-state index in [1.165, 1.54) is 12.1 Å². The van der Waals surface area contributed by atoms with Crippen molar-refractivity contribution in [3.05, 3.63) is 51.5 Å². The van der Waals surface area contributed by atoms with Gasteiger partial charge in [-0.05, 0) is 42.3 Å². The van der Waals surface area contributed by atoms with Crippen LogP contribution in [0.3, 0.4) is 0 Å². The topological polar surface area (TPSA) is 64.6 Å². The molecule has 1 aliphatic rings. The molecule has 8 heteroatoms. The number of hydrogen-bond donors (Lipinski definition) is 1. The SMILES string of the molecule is Cc1cc(Cl)c(Cl)cc1S(=O)(=O)NCc1ccc2c(c1)OCO2. The molecule has 23 heavy (non-hydrogen) atoms. The monoisotopic (exact) mass is 373 g/mol. The van der Waals surface area contributed by atoms with E-state index < -0.39 is 10.0 Å². The molecule has 0 aliphatic carbocycles. The van der Waals surface area contributed by atoms with Crippen LogP contribution < -0.4 is 14.2 Å². The number of nitrogens with one attached hydrogen (secondary N) is 1. The number of halogens is 2. The van der Waals surface area contributed by atoms with Gasteiger partial charge in [-0.25, -0.2) is 13.1 Å². The molecular weight excluding hydrogens is 361 g/mol. The molecule has 0 saturated carbocycles. The quantitative estimate of drug-likeness (QED) is 0.890. The normalized spacial score (nSPS) is 13.3. The number of hydrogen-bond acceptors (Lipinski definition) is 4. The summed E-state index contributed by atoms with van der Waals surface area (Å²) in [5.74, 6) is 1.25. The Bertz CT molecular complexity index is 868. The van der Waals surface area contributed by atoms with Crippen LogP contribution in [0.2, 0.25) is 10.0 Å². The molecule has 0 fully saturated rings. The van der Waals surface area contributed by atoms with E-state index in [0.29, 0.717) is 22.1 Å². The van der Waals surface area contributed by atoms with Crippen molar-refractivity contribution in [2.75, 3.05) is 6.79 Å². The second kappa shape index (κ2) is 6.20. The summed E-state index contributed by atoms with van der Waals surface area (Å²) in [7, 11) is -3.71. The van der Waals surface area contributed by atoms with E-state index in [9.17, 15) is 8.42 Å². The minimum atomic E-state index is -3.71. The van der Waals surface area contributed by atoms with E-state index in [2.05, 4.69) is 4.72 Å². The predicted molar refractivity (Wildman–Crippen MR) is 87.8 cm³/mol. The van der Waals surface area contributed by atoms with Crippen LogP contribution >= 0.6 is 23.2 Å². The zero-order valence-corrected chi connectivity index (χ0v) is 14.4. The first-order valence-electron chi connectivity index (χ1n) is 6.70. The van der Waals surface area contributed by atoms with Gasteiger partial charge in [-0.15, -0.1) is 0 Å². The van der Waals surface area contributed by atoms with E-state index in [1.54, 1.807) is 25.1 Å². The highest BCUT2D eigenvalue weighted by Crippen LogP contribution is 2.33. The molecule has 122 valence electrons. The molecule has 0 radical (unpaired) electrons. The zero-order chi connectivity index (χ0) is 16.6. The summed E-state index contributed by atoms with van der Waals surface area (Å²) in [4.78, 5) is 0.104. The Morgan fingerprint density at radius 3 is 2.57 bits per heavy atom. The summed E-state index contributed by atoms with van der Waals surface area (Å²) < 4.78 is 37.9. The van der Waals surface area contributed by atoms with Crippen molar-refractivity contribution in [2.24, 2.45) is 0 Å². The second-order valence-electron chi connectivity index (χ2n) is 5.04. The molecule has 5 nitrogen and oxygen atoms in total. The van der Waals surface area contributed by atoms with Gasteiger partial charge in [0.1, 0.15) is 0 Å². The highest BCUT2D eigenvalue weighted by Gasteiger charge is 2.19. The first-order chi connectivity index (χ1) is 10.9. The lowest BCUT2D eigenvalue weighted by atomic mass is 10.2. The number of sulfonamides is 1. The molecule has 2 aromatic rings. The number of aryl methyl sites for hydroxylation is 1. The first-order valence-corrected chi connectivity index (χ1v) is 8.94. The van der Waals surface area contributed by atoms with E-state index in [0.717, 1.165) is 5.56 Å². The van der Waals surface area contributed by atoms with E-state index >= 15 is 0 Å². The average Bonchev–Trinajstić information content (AvgIpc) is 2.96. The van der Waals surface area contributed by atoms with Gasteiger partial charge >= 0.3 is 0 Å². The van der Waals surface area contributed by atoms with E-state index in [-0.39, 0.29) is 23.3 Å². The van der Waals surface area contributed by atoms with Crippen LogP contribution in [0.5, 0.6) is 11.5 Å². The maximum Gasteiger partial charge on any atom is 0.241 e. The van der Waals surface area contributed by atoms with Crippen molar-refractivity contribution in [3.63, 3.8) is 0 Å². The summed E-state index contributed by atoms with van der Waals surface area (Å²) in [5.41, 5.74) is 1.29. The van der Waals surface area contributed by atoms with Gasteiger partial charge in [0, 0.05) is 6.54 Å². The number of ether oxygens (including phenoxy) is 2. The minimum Gasteiger partial charge on any atom is -0.454 e. The number of rotatable bonds is 4. The van der Waals surface area contributed by atoms with Crippen LogP contribution in [0, 0.1) is 6.92 Å². The van der Waals surface area contributed by atoms with Crippen LogP contribution in [0.1, 0.15) is 11.1 Å². The molecule has 1 N–H and O–H groups in total. The van der Waals surface area contributed by atoms with Crippen molar-refractivity contribution in [2.45, 2.75) is 18.4 Å². The second-order valence-corrected chi connectivity index (χ2v) is 7.59. The molecule has 0 aromatic heterocycles. The molecule has 0 unspecified atom stereocenters. The molecule has 0 bridgehead atoms. The summed E-state index contributed by atoms with van der Waals surface area (Å²) in [6.45, 7) is 1.96. The van der Waals surface area contributed by atoms with Crippen molar-refractivity contribution in [1.29, 1.82) is 0 Å². The average molecular weight is 374 g/mol. The Labute approximate surface area is 144 Å². The molecule has 0 saturated heterocycles. The van der Waals surface area contributed by atoms with Crippen LogP contribution in [0.4, 0.5) is 0 Å². The Morgan fingerprint density at radius 1 is 1.09 bits per heavy atom. The third-order valence-electron chi connectivity index (χ3n) is 3.41. The zero-order valence-electron chi connectivity index (χ0n) is 12.1. The highest BCUT2D eigenvalue weighted by atomic mass is 35.5. The van der Waals surface area contributed by atoms with Gasteiger partial charge in [-0.2, -0.15) is 0 Å². The third-order valence-corrected chi connectivity index (χ3v) is 5.68. The van der Waals surface area contributed by atoms with Crippen molar-refractivity contribution in [3.8, 4) is 11.5 Å². The Kier molecular flexibility index (Phi) is 4.42. The molecule has 0 amide bonds. The molecule has 1 heterocycles. The Balaban J connectivity index is 1.81. The van der Waals surface area contributed by atoms with Gasteiger partial charge < -0.3 is 9.47 Å². The number of benzene rings is 2. The molecular formula is C15H13Cl2NO4S. The lowest BCUT2D eigenvalue weighted by molar-refractivity contribution is 0.174. The Morgan fingerprint density at radius 2 is 1.78 bits per heavy atom. The summed E-state index contributed by atoms with van der Waals surface area (Å²) in [6.07, 6.45) is 0. The fourth-order valence-electron chi connectivity index (χ4n) is 2.22. The number of fused-ring (bicyclic) bond motifs is 1. The molecule has 1 aliphatic heterocycles. The van der Waals surface area contributed by atoms with E-state index in [4.69, 9.17) is 32.7 Å². The van der Waals surface area contributed by atoms with Crippen LogP contribution in [0.25, 0.3) is 0 Å². The largest absolute Gasteiger partial charge is 0.454 e. The van der Waals surface area contributed by atoms with Crippen molar-refractivity contribution < 1.29 is 17.9 Å². The van der Waals surface area contributed by atoms with Gasteiger partial charge in [0.05, 0.1) is 14.9 Å². The van der Waals surface area contributed by atoms with Crippen LogP contribution in [-0.2, 0) is 16.6 Å². The molecule has 2 aromatic carbocycles. The lowest BCUT2D eigenvalue weighted by Gasteiger charge is -2.11. The van der Waals surface area contributed by atoms with E-state index in [1.807, 2.05) is 0 Å². The smallest absolute Gasteiger partial charge is 0.241 e.